The molecule has 4 nitrogen and oxygen atoms in total. The zero-order valence-electron chi connectivity index (χ0n) is 12.2. The number of nitrogens with zero attached hydrogens (tertiary/aromatic N) is 1. The van der Waals surface area contributed by atoms with E-state index >= 15 is 0 Å². The Morgan fingerprint density at radius 3 is 3.00 bits per heavy atom. The van der Waals surface area contributed by atoms with Crippen LogP contribution >= 0.6 is 0 Å². The molecule has 0 aromatic heterocycles. The number of nitriles is 1. The molecule has 1 aliphatic carbocycles. The van der Waals surface area contributed by atoms with Crippen molar-refractivity contribution in [2.45, 2.75) is 19.8 Å². The number of anilines is 1. The SMILES string of the molecule is CC1CC=CCC1COCC(=O)Nc1cccc(C#N)c1. The lowest BCUT2D eigenvalue weighted by Gasteiger charge is -2.24. The molecule has 4 heteroatoms. The summed E-state index contributed by atoms with van der Waals surface area (Å²) in [6.45, 7) is 2.87. The maximum absolute atomic E-state index is 11.8. The molecule has 1 aromatic carbocycles. The van der Waals surface area contributed by atoms with Crippen molar-refractivity contribution < 1.29 is 9.53 Å². The average Bonchev–Trinajstić information content (AvgIpc) is 2.49. The smallest absolute Gasteiger partial charge is 0.250 e. The summed E-state index contributed by atoms with van der Waals surface area (Å²) in [4.78, 5) is 11.8. The van der Waals surface area contributed by atoms with Gasteiger partial charge in [0.2, 0.25) is 5.91 Å². The molecule has 0 aliphatic heterocycles. The summed E-state index contributed by atoms with van der Waals surface area (Å²) in [5.41, 5.74) is 1.15. The fourth-order valence-electron chi connectivity index (χ4n) is 2.41. The van der Waals surface area contributed by atoms with Crippen molar-refractivity contribution in [2.75, 3.05) is 18.5 Å². The van der Waals surface area contributed by atoms with Crippen molar-refractivity contribution in [2.24, 2.45) is 11.8 Å². The number of carbonyl (C=O) groups is 1. The number of ether oxygens (including phenoxy) is 1. The highest BCUT2D eigenvalue weighted by Gasteiger charge is 2.18. The van der Waals surface area contributed by atoms with Gasteiger partial charge in [0.05, 0.1) is 18.2 Å². The fraction of sp³-hybridized carbons (Fsp3) is 0.412. The predicted octanol–water partition coefficient (Wildman–Crippen LogP) is 3.12. The Hall–Kier alpha value is -2.12. The molecular formula is C17H20N2O2. The second-order valence-electron chi connectivity index (χ2n) is 5.44. The lowest BCUT2D eigenvalue weighted by molar-refractivity contribution is -0.121. The molecule has 0 radical (unpaired) electrons. The highest BCUT2D eigenvalue weighted by molar-refractivity contribution is 5.91. The van der Waals surface area contributed by atoms with E-state index in [0.717, 1.165) is 12.8 Å². The number of hydrogen-bond donors (Lipinski definition) is 1. The topological polar surface area (TPSA) is 62.1 Å². The molecule has 0 saturated carbocycles. The Balaban J connectivity index is 1.74. The maximum atomic E-state index is 11.8. The van der Waals surface area contributed by atoms with E-state index in [1.807, 2.05) is 6.07 Å². The van der Waals surface area contributed by atoms with Gasteiger partial charge < -0.3 is 10.1 Å². The molecule has 0 heterocycles. The second-order valence-corrected chi connectivity index (χ2v) is 5.44. The summed E-state index contributed by atoms with van der Waals surface area (Å²) in [6.07, 6.45) is 6.49. The van der Waals surface area contributed by atoms with Gasteiger partial charge in [-0.25, -0.2) is 0 Å². The summed E-state index contributed by atoms with van der Waals surface area (Å²) in [5.74, 6) is 0.902. The Kier molecular flexibility index (Phi) is 5.53. The van der Waals surface area contributed by atoms with E-state index in [1.165, 1.54) is 0 Å². The third-order valence-electron chi connectivity index (χ3n) is 3.76. The van der Waals surface area contributed by atoms with Crippen LogP contribution < -0.4 is 5.32 Å². The molecule has 1 aliphatic rings. The molecular weight excluding hydrogens is 264 g/mol. The van der Waals surface area contributed by atoms with Crippen molar-refractivity contribution >= 4 is 11.6 Å². The van der Waals surface area contributed by atoms with Crippen molar-refractivity contribution in [1.82, 2.24) is 0 Å². The van der Waals surface area contributed by atoms with Gasteiger partial charge in [-0.15, -0.1) is 0 Å². The van der Waals surface area contributed by atoms with Crippen molar-refractivity contribution in [1.29, 1.82) is 5.26 Å². The second kappa shape index (κ2) is 7.61. The summed E-state index contributed by atoms with van der Waals surface area (Å²) >= 11 is 0. The molecule has 0 fully saturated rings. The van der Waals surface area contributed by atoms with E-state index in [4.69, 9.17) is 10.00 Å². The largest absolute Gasteiger partial charge is 0.371 e. The van der Waals surface area contributed by atoms with Crippen molar-refractivity contribution in [3.8, 4) is 6.07 Å². The summed E-state index contributed by atoms with van der Waals surface area (Å²) in [5, 5.41) is 11.6. The molecule has 0 saturated heterocycles. The van der Waals surface area contributed by atoms with Crippen LogP contribution in [0.2, 0.25) is 0 Å². The Morgan fingerprint density at radius 1 is 1.43 bits per heavy atom. The van der Waals surface area contributed by atoms with E-state index < -0.39 is 0 Å². The lowest BCUT2D eigenvalue weighted by Crippen LogP contribution is -2.24. The van der Waals surface area contributed by atoms with E-state index in [9.17, 15) is 4.79 Å². The molecule has 0 spiro atoms. The van der Waals surface area contributed by atoms with Gasteiger partial charge in [0, 0.05) is 5.69 Å². The van der Waals surface area contributed by atoms with Crippen molar-refractivity contribution in [3.05, 3.63) is 42.0 Å². The first-order valence-electron chi connectivity index (χ1n) is 7.22. The Morgan fingerprint density at radius 2 is 2.24 bits per heavy atom. The van der Waals surface area contributed by atoms with Crippen LogP contribution in [0.5, 0.6) is 0 Å². The number of nitrogens with one attached hydrogen (secondary N) is 1. The molecule has 110 valence electrons. The first-order valence-corrected chi connectivity index (χ1v) is 7.22. The third-order valence-corrected chi connectivity index (χ3v) is 3.76. The number of hydrogen-bond acceptors (Lipinski definition) is 3. The number of amides is 1. The summed E-state index contributed by atoms with van der Waals surface area (Å²) in [7, 11) is 0. The molecule has 0 bridgehead atoms. The zero-order valence-corrected chi connectivity index (χ0v) is 12.2. The van der Waals surface area contributed by atoms with Crippen LogP contribution in [-0.2, 0) is 9.53 Å². The van der Waals surface area contributed by atoms with E-state index in [-0.39, 0.29) is 12.5 Å². The molecule has 2 atom stereocenters. The normalized spacial score (nSPS) is 20.8. The van der Waals surface area contributed by atoms with Crippen LogP contribution in [0.3, 0.4) is 0 Å². The molecule has 1 N–H and O–H groups in total. The lowest BCUT2D eigenvalue weighted by atomic mass is 9.85. The summed E-state index contributed by atoms with van der Waals surface area (Å²) < 4.78 is 5.52. The molecule has 1 aromatic rings. The van der Waals surface area contributed by atoms with E-state index in [1.54, 1.807) is 24.3 Å². The van der Waals surface area contributed by atoms with Crippen LogP contribution in [-0.4, -0.2) is 19.1 Å². The van der Waals surface area contributed by atoms with Gasteiger partial charge in [-0.05, 0) is 42.9 Å². The van der Waals surface area contributed by atoms with Crippen molar-refractivity contribution in [3.63, 3.8) is 0 Å². The minimum atomic E-state index is -0.191. The maximum Gasteiger partial charge on any atom is 0.250 e. The van der Waals surface area contributed by atoms with Crippen LogP contribution in [0, 0.1) is 23.2 Å². The zero-order chi connectivity index (χ0) is 15.1. The number of rotatable bonds is 5. The Labute approximate surface area is 125 Å². The monoisotopic (exact) mass is 284 g/mol. The van der Waals surface area contributed by atoms with Gasteiger partial charge in [0.1, 0.15) is 6.61 Å². The minimum Gasteiger partial charge on any atom is -0.371 e. The first-order chi connectivity index (χ1) is 10.2. The number of benzene rings is 1. The molecule has 21 heavy (non-hydrogen) atoms. The van der Waals surface area contributed by atoms with Crippen LogP contribution in [0.1, 0.15) is 25.3 Å². The first kappa shape index (κ1) is 15.3. The highest BCUT2D eigenvalue weighted by atomic mass is 16.5. The average molecular weight is 284 g/mol. The van der Waals surface area contributed by atoms with Gasteiger partial charge in [0.25, 0.3) is 0 Å². The number of carbonyl (C=O) groups excluding carboxylic acids is 1. The van der Waals surface area contributed by atoms with Gasteiger partial charge in [-0.1, -0.05) is 25.1 Å². The Bertz CT molecular complexity index is 560. The summed E-state index contributed by atoms with van der Waals surface area (Å²) in [6, 6.07) is 8.88. The van der Waals surface area contributed by atoms with Gasteiger partial charge in [0.15, 0.2) is 0 Å². The van der Waals surface area contributed by atoms with Gasteiger partial charge >= 0.3 is 0 Å². The van der Waals surface area contributed by atoms with Crippen LogP contribution in [0.25, 0.3) is 0 Å². The molecule has 2 rings (SSSR count). The standard InChI is InChI=1S/C17H20N2O2/c1-13-5-2-3-7-15(13)11-21-12-17(20)19-16-8-4-6-14(9-16)10-18/h2-4,6,8-9,13,15H,5,7,11-12H2,1H3,(H,19,20). The van der Waals surface area contributed by atoms with E-state index in [2.05, 4.69) is 24.4 Å². The van der Waals surface area contributed by atoms with Gasteiger partial charge in [-0.2, -0.15) is 5.26 Å². The predicted molar refractivity (Wildman–Crippen MR) is 81.6 cm³/mol. The molecule has 1 amide bonds. The minimum absolute atomic E-state index is 0.0454. The number of allylic oxidation sites excluding steroid dienone is 2. The quantitative estimate of drug-likeness (QED) is 0.845. The highest BCUT2D eigenvalue weighted by Crippen LogP contribution is 2.24. The van der Waals surface area contributed by atoms with Crippen LogP contribution in [0.15, 0.2) is 36.4 Å². The van der Waals surface area contributed by atoms with Crippen LogP contribution in [0.4, 0.5) is 5.69 Å². The van der Waals surface area contributed by atoms with Gasteiger partial charge in [-0.3, -0.25) is 4.79 Å². The molecule has 2 unspecified atom stereocenters. The fourth-order valence-corrected chi connectivity index (χ4v) is 2.41. The third kappa shape index (κ3) is 4.73. The van der Waals surface area contributed by atoms with E-state index in [0.29, 0.717) is 29.7 Å².